The van der Waals surface area contributed by atoms with E-state index in [1.807, 2.05) is 0 Å². The molecule has 0 radical (unpaired) electrons. The summed E-state index contributed by atoms with van der Waals surface area (Å²) in [6.45, 7) is 4.09. The molecule has 18 heavy (non-hydrogen) atoms. The summed E-state index contributed by atoms with van der Waals surface area (Å²) in [5.41, 5.74) is -0.364. The van der Waals surface area contributed by atoms with Crippen LogP contribution in [0.2, 0.25) is 0 Å². The molecule has 106 valence electrons. The zero-order valence-electron chi connectivity index (χ0n) is 9.49. The number of hydrogen-bond acceptors (Lipinski definition) is 2. The standard InChI is InChI=1S/C10H12F6O2/c1-6(2)8(17)18-10(15,16)7(11)4-3-5-9(12,13)14/h7H,1,3-5H2,2H3. The molecule has 0 aliphatic heterocycles. The lowest BCUT2D eigenvalue weighted by Crippen LogP contribution is -2.36. The van der Waals surface area contributed by atoms with Gasteiger partial charge in [0.1, 0.15) is 0 Å². The molecule has 0 heterocycles. The first-order valence-corrected chi connectivity index (χ1v) is 4.93. The highest BCUT2D eigenvalue weighted by atomic mass is 19.4. The highest BCUT2D eigenvalue weighted by molar-refractivity contribution is 5.87. The minimum atomic E-state index is -4.54. The smallest absolute Gasteiger partial charge is 0.395 e. The van der Waals surface area contributed by atoms with Gasteiger partial charge in [0, 0.05) is 12.0 Å². The molecule has 8 heteroatoms. The van der Waals surface area contributed by atoms with E-state index in [2.05, 4.69) is 11.3 Å². The fourth-order valence-electron chi connectivity index (χ4n) is 0.924. The Morgan fingerprint density at radius 2 is 1.78 bits per heavy atom. The highest BCUT2D eigenvalue weighted by Crippen LogP contribution is 2.30. The van der Waals surface area contributed by atoms with E-state index < -0.39 is 43.7 Å². The van der Waals surface area contributed by atoms with Gasteiger partial charge < -0.3 is 4.74 Å². The number of halogens is 6. The fourth-order valence-corrected chi connectivity index (χ4v) is 0.924. The summed E-state index contributed by atoms with van der Waals surface area (Å²) in [6, 6.07) is 0. The zero-order chi connectivity index (χ0) is 14.6. The number of ether oxygens (including phenoxy) is 1. The van der Waals surface area contributed by atoms with Crippen molar-refractivity contribution in [2.24, 2.45) is 0 Å². The van der Waals surface area contributed by atoms with Crippen molar-refractivity contribution in [2.75, 3.05) is 0 Å². The number of hydrogen-bond donors (Lipinski definition) is 0. The lowest BCUT2D eigenvalue weighted by Gasteiger charge is -2.20. The molecule has 2 nitrogen and oxygen atoms in total. The van der Waals surface area contributed by atoms with Crippen LogP contribution < -0.4 is 0 Å². The van der Waals surface area contributed by atoms with E-state index >= 15 is 0 Å². The number of carbonyl (C=O) groups is 1. The Hall–Kier alpha value is -1.21. The molecule has 0 N–H and O–H groups in total. The van der Waals surface area contributed by atoms with Crippen LogP contribution in [0.15, 0.2) is 12.2 Å². The van der Waals surface area contributed by atoms with Gasteiger partial charge in [0.25, 0.3) is 0 Å². The molecule has 0 aromatic carbocycles. The van der Waals surface area contributed by atoms with E-state index in [0.717, 1.165) is 6.92 Å². The number of alkyl halides is 6. The van der Waals surface area contributed by atoms with Gasteiger partial charge in [-0.15, -0.1) is 0 Å². The van der Waals surface area contributed by atoms with Crippen LogP contribution in [-0.2, 0) is 9.53 Å². The van der Waals surface area contributed by atoms with Crippen molar-refractivity contribution in [1.29, 1.82) is 0 Å². The first kappa shape index (κ1) is 16.8. The third kappa shape index (κ3) is 6.51. The molecule has 0 bridgehead atoms. The Bertz CT molecular complexity index is 310. The lowest BCUT2D eigenvalue weighted by molar-refractivity contribution is -0.259. The second kappa shape index (κ2) is 6.10. The summed E-state index contributed by atoms with van der Waals surface area (Å²) in [4.78, 5) is 10.7. The van der Waals surface area contributed by atoms with Crippen molar-refractivity contribution in [3.05, 3.63) is 12.2 Å². The summed E-state index contributed by atoms with van der Waals surface area (Å²) >= 11 is 0. The lowest BCUT2D eigenvalue weighted by atomic mass is 10.1. The largest absolute Gasteiger partial charge is 0.432 e. The molecule has 0 saturated heterocycles. The van der Waals surface area contributed by atoms with Crippen LogP contribution in [0.1, 0.15) is 26.2 Å². The highest BCUT2D eigenvalue weighted by Gasteiger charge is 2.44. The molecule has 0 amide bonds. The topological polar surface area (TPSA) is 26.3 Å². The van der Waals surface area contributed by atoms with Gasteiger partial charge in [-0.1, -0.05) is 6.58 Å². The van der Waals surface area contributed by atoms with E-state index in [1.165, 1.54) is 0 Å². The van der Waals surface area contributed by atoms with E-state index in [4.69, 9.17) is 0 Å². The zero-order valence-corrected chi connectivity index (χ0v) is 9.49. The maximum Gasteiger partial charge on any atom is 0.432 e. The van der Waals surface area contributed by atoms with E-state index in [0.29, 0.717) is 0 Å². The Morgan fingerprint density at radius 1 is 1.28 bits per heavy atom. The van der Waals surface area contributed by atoms with Crippen molar-refractivity contribution in [3.8, 4) is 0 Å². The van der Waals surface area contributed by atoms with Gasteiger partial charge in [-0.2, -0.15) is 22.0 Å². The predicted octanol–water partition coefficient (Wildman–Crippen LogP) is 3.77. The van der Waals surface area contributed by atoms with Crippen LogP contribution in [0.4, 0.5) is 26.3 Å². The maximum absolute atomic E-state index is 13.0. The second-order valence-corrected chi connectivity index (χ2v) is 3.71. The monoisotopic (exact) mass is 278 g/mol. The van der Waals surface area contributed by atoms with Crippen LogP contribution in [-0.4, -0.2) is 24.4 Å². The third-order valence-electron chi connectivity index (χ3n) is 1.86. The molecule has 0 aliphatic carbocycles. The summed E-state index contributed by atoms with van der Waals surface area (Å²) < 4.78 is 77.4. The molecular formula is C10H12F6O2. The van der Waals surface area contributed by atoms with E-state index in [1.54, 1.807) is 0 Å². The minimum absolute atomic E-state index is 0.364. The molecular weight excluding hydrogens is 266 g/mol. The van der Waals surface area contributed by atoms with Crippen LogP contribution in [0.3, 0.4) is 0 Å². The van der Waals surface area contributed by atoms with Crippen LogP contribution >= 0.6 is 0 Å². The molecule has 0 aliphatic rings. The van der Waals surface area contributed by atoms with Crippen molar-refractivity contribution in [1.82, 2.24) is 0 Å². The summed E-state index contributed by atoms with van der Waals surface area (Å²) in [5, 5.41) is 0. The van der Waals surface area contributed by atoms with E-state index in [-0.39, 0.29) is 5.57 Å². The molecule has 1 atom stereocenters. The third-order valence-corrected chi connectivity index (χ3v) is 1.86. The van der Waals surface area contributed by atoms with Gasteiger partial charge in [-0.25, -0.2) is 9.18 Å². The SMILES string of the molecule is C=C(C)C(=O)OC(F)(F)C(F)CCCC(F)(F)F. The maximum atomic E-state index is 13.0. The Labute approximate surface area is 99.6 Å². The Kier molecular flexibility index (Phi) is 5.69. The van der Waals surface area contributed by atoms with Gasteiger partial charge in [0.05, 0.1) is 0 Å². The van der Waals surface area contributed by atoms with Gasteiger partial charge in [0.15, 0.2) is 0 Å². The van der Waals surface area contributed by atoms with Crippen molar-refractivity contribution >= 4 is 5.97 Å². The molecule has 0 rings (SSSR count). The quantitative estimate of drug-likeness (QED) is 0.420. The van der Waals surface area contributed by atoms with Crippen molar-refractivity contribution in [3.63, 3.8) is 0 Å². The van der Waals surface area contributed by atoms with Crippen LogP contribution in [0.25, 0.3) is 0 Å². The average molecular weight is 278 g/mol. The van der Waals surface area contributed by atoms with Gasteiger partial charge in [0.2, 0.25) is 6.17 Å². The summed E-state index contributed by atoms with van der Waals surface area (Å²) in [7, 11) is 0. The number of esters is 1. The first-order chi connectivity index (χ1) is 7.96. The molecule has 1 unspecified atom stereocenters. The Balaban J connectivity index is 4.26. The second-order valence-electron chi connectivity index (χ2n) is 3.71. The van der Waals surface area contributed by atoms with Crippen LogP contribution in [0.5, 0.6) is 0 Å². The van der Waals surface area contributed by atoms with Gasteiger partial charge >= 0.3 is 18.3 Å². The van der Waals surface area contributed by atoms with Crippen molar-refractivity contribution in [2.45, 2.75) is 44.6 Å². The molecule has 0 aromatic rings. The number of carbonyl (C=O) groups excluding carboxylic acids is 1. The molecule has 0 aromatic heterocycles. The van der Waals surface area contributed by atoms with Crippen molar-refractivity contribution < 1.29 is 35.9 Å². The molecule has 0 spiro atoms. The number of rotatable bonds is 6. The van der Waals surface area contributed by atoms with E-state index in [9.17, 15) is 31.1 Å². The first-order valence-electron chi connectivity index (χ1n) is 4.93. The molecule has 0 fully saturated rings. The average Bonchev–Trinajstić information content (AvgIpc) is 2.14. The summed E-state index contributed by atoms with van der Waals surface area (Å²) in [5.74, 6) is -1.50. The Morgan fingerprint density at radius 3 is 2.17 bits per heavy atom. The van der Waals surface area contributed by atoms with Crippen LogP contribution in [0, 0.1) is 0 Å². The predicted molar refractivity (Wildman–Crippen MR) is 50.7 cm³/mol. The normalized spacial score (nSPS) is 14.2. The minimum Gasteiger partial charge on any atom is -0.395 e. The summed E-state index contributed by atoms with van der Waals surface area (Å²) in [6.07, 6.45) is -15.2. The van der Waals surface area contributed by atoms with Gasteiger partial charge in [-0.3, -0.25) is 0 Å². The van der Waals surface area contributed by atoms with Gasteiger partial charge in [-0.05, 0) is 19.8 Å². The molecule has 0 saturated carbocycles. The fraction of sp³-hybridized carbons (Fsp3) is 0.700.